The van der Waals surface area contributed by atoms with Gasteiger partial charge in [-0.05, 0) is 59.9 Å². The van der Waals surface area contributed by atoms with Crippen molar-refractivity contribution in [3.05, 3.63) is 95.6 Å². The average molecular weight is 404 g/mol. The molecule has 3 N–H and O–H groups in total. The maximum atomic E-state index is 12.9. The molecule has 0 aliphatic rings. The van der Waals surface area contributed by atoms with Crippen molar-refractivity contribution in [2.24, 2.45) is 0 Å². The second kappa shape index (κ2) is 10.8. The van der Waals surface area contributed by atoms with E-state index in [0.29, 0.717) is 31.5 Å². The number of nitrogens with one attached hydrogen (secondary N) is 2. The molecular weight excluding hydrogens is 380 g/mol. The third kappa shape index (κ3) is 6.22. The van der Waals surface area contributed by atoms with Crippen LogP contribution in [0.1, 0.15) is 33.1 Å². The third-order valence-electron chi connectivity index (χ3n) is 4.68. The van der Waals surface area contributed by atoms with Crippen molar-refractivity contribution in [1.29, 1.82) is 0 Å². The molecule has 3 rings (SSSR count). The molecule has 2 heterocycles. The fourth-order valence-corrected chi connectivity index (χ4v) is 3.10. The van der Waals surface area contributed by atoms with E-state index in [1.807, 2.05) is 24.3 Å². The molecule has 0 spiro atoms. The van der Waals surface area contributed by atoms with Gasteiger partial charge < -0.3 is 15.7 Å². The Kier molecular flexibility index (Phi) is 7.63. The summed E-state index contributed by atoms with van der Waals surface area (Å²) >= 11 is 0. The summed E-state index contributed by atoms with van der Waals surface area (Å²) in [5.41, 5.74) is 2.90. The lowest BCUT2D eigenvalue weighted by Gasteiger charge is -2.19. The molecule has 1 unspecified atom stereocenters. The molecule has 2 aromatic heterocycles. The van der Waals surface area contributed by atoms with Crippen molar-refractivity contribution in [2.75, 3.05) is 13.1 Å². The molecule has 0 bridgehead atoms. The number of carbonyl (C=O) groups excluding carboxylic acids is 1. The van der Waals surface area contributed by atoms with E-state index in [1.54, 1.807) is 36.9 Å². The SMILES string of the molecule is O=C(O)c1cccc(C(NCCc2cccnc2)C(=O)NCCc2ccncc2)c1. The summed E-state index contributed by atoms with van der Waals surface area (Å²) in [6.07, 6.45) is 8.33. The first-order chi connectivity index (χ1) is 14.6. The summed E-state index contributed by atoms with van der Waals surface area (Å²) in [5, 5.41) is 15.5. The number of aromatic nitrogens is 2. The highest BCUT2D eigenvalue weighted by Crippen LogP contribution is 2.16. The maximum absolute atomic E-state index is 12.9. The molecule has 0 aliphatic heterocycles. The normalized spacial score (nSPS) is 11.6. The first kappa shape index (κ1) is 21.1. The van der Waals surface area contributed by atoms with Crippen molar-refractivity contribution >= 4 is 11.9 Å². The van der Waals surface area contributed by atoms with Gasteiger partial charge in [-0.3, -0.25) is 14.8 Å². The quantitative estimate of drug-likeness (QED) is 0.479. The van der Waals surface area contributed by atoms with Gasteiger partial charge in [0.2, 0.25) is 5.91 Å². The summed E-state index contributed by atoms with van der Waals surface area (Å²) in [6, 6.07) is 13.5. The van der Waals surface area contributed by atoms with E-state index in [4.69, 9.17) is 0 Å². The van der Waals surface area contributed by atoms with Crippen molar-refractivity contribution < 1.29 is 14.7 Å². The summed E-state index contributed by atoms with van der Waals surface area (Å²) in [6.45, 7) is 1.02. The van der Waals surface area contributed by atoms with Gasteiger partial charge in [0, 0.05) is 37.9 Å². The maximum Gasteiger partial charge on any atom is 0.335 e. The Morgan fingerprint density at radius 1 is 0.900 bits per heavy atom. The summed E-state index contributed by atoms with van der Waals surface area (Å²) in [4.78, 5) is 32.3. The van der Waals surface area contributed by atoms with Gasteiger partial charge in [0.25, 0.3) is 0 Å². The van der Waals surface area contributed by atoms with Crippen molar-refractivity contribution in [1.82, 2.24) is 20.6 Å². The van der Waals surface area contributed by atoms with Crippen molar-refractivity contribution in [3.8, 4) is 0 Å². The average Bonchev–Trinajstić information content (AvgIpc) is 2.78. The second-order valence-corrected chi connectivity index (χ2v) is 6.83. The lowest BCUT2D eigenvalue weighted by atomic mass is 10.0. The van der Waals surface area contributed by atoms with Crippen LogP contribution < -0.4 is 10.6 Å². The molecule has 3 aromatic rings. The molecule has 0 saturated carbocycles. The van der Waals surface area contributed by atoms with Gasteiger partial charge in [-0.2, -0.15) is 0 Å². The van der Waals surface area contributed by atoms with Crippen molar-refractivity contribution in [3.63, 3.8) is 0 Å². The van der Waals surface area contributed by atoms with Crippen LogP contribution in [-0.4, -0.2) is 40.0 Å². The predicted octanol–water partition coefficient (Wildman–Crippen LogP) is 2.41. The Labute approximate surface area is 175 Å². The first-order valence-electron chi connectivity index (χ1n) is 9.75. The molecule has 0 fully saturated rings. The zero-order chi connectivity index (χ0) is 21.2. The Morgan fingerprint density at radius 3 is 2.43 bits per heavy atom. The first-order valence-corrected chi connectivity index (χ1v) is 9.75. The number of rotatable bonds is 10. The molecular formula is C23H24N4O3. The molecule has 30 heavy (non-hydrogen) atoms. The van der Waals surface area contributed by atoms with E-state index in [1.165, 1.54) is 12.1 Å². The number of carbonyl (C=O) groups is 2. The molecule has 0 saturated heterocycles. The molecule has 154 valence electrons. The van der Waals surface area contributed by atoms with Crippen LogP contribution in [0.2, 0.25) is 0 Å². The number of aromatic carboxylic acids is 1. The monoisotopic (exact) mass is 404 g/mol. The zero-order valence-electron chi connectivity index (χ0n) is 16.5. The lowest BCUT2D eigenvalue weighted by molar-refractivity contribution is -0.123. The van der Waals surface area contributed by atoms with Gasteiger partial charge in [-0.1, -0.05) is 18.2 Å². The molecule has 1 amide bonds. The number of carboxylic acids is 1. The number of benzene rings is 1. The van der Waals surface area contributed by atoms with Crippen molar-refractivity contribution in [2.45, 2.75) is 18.9 Å². The van der Waals surface area contributed by atoms with Gasteiger partial charge in [-0.15, -0.1) is 0 Å². The van der Waals surface area contributed by atoms with Crippen LogP contribution in [0.3, 0.4) is 0 Å². The summed E-state index contributed by atoms with van der Waals surface area (Å²) in [7, 11) is 0. The third-order valence-corrected chi connectivity index (χ3v) is 4.68. The fraction of sp³-hybridized carbons (Fsp3) is 0.217. The van der Waals surface area contributed by atoms with Gasteiger partial charge >= 0.3 is 5.97 Å². The Morgan fingerprint density at radius 2 is 1.70 bits per heavy atom. The molecule has 0 radical (unpaired) electrons. The summed E-state index contributed by atoms with van der Waals surface area (Å²) < 4.78 is 0. The van der Waals surface area contributed by atoms with E-state index in [-0.39, 0.29) is 11.5 Å². The number of amides is 1. The Hall–Kier alpha value is -3.58. The highest BCUT2D eigenvalue weighted by atomic mass is 16.4. The van der Waals surface area contributed by atoms with E-state index in [2.05, 4.69) is 20.6 Å². The number of nitrogens with zero attached hydrogens (tertiary/aromatic N) is 2. The van der Waals surface area contributed by atoms with Crippen LogP contribution in [0, 0.1) is 0 Å². The number of hydrogen-bond donors (Lipinski definition) is 3. The summed E-state index contributed by atoms with van der Waals surface area (Å²) in [5.74, 6) is -1.22. The topological polar surface area (TPSA) is 104 Å². The Bertz CT molecular complexity index is 964. The molecule has 7 heteroatoms. The van der Waals surface area contributed by atoms with E-state index in [9.17, 15) is 14.7 Å². The van der Waals surface area contributed by atoms with E-state index < -0.39 is 12.0 Å². The van der Waals surface area contributed by atoms with E-state index in [0.717, 1.165) is 11.1 Å². The van der Waals surface area contributed by atoms with Crippen LogP contribution in [0.4, 0.5) is 0 Å². The zero-order valence-corrected chi connectivity index (χ0v) is 16.5. The van der Waals surface area contributed by atoms with Gasteiger partial charge in [0.1, 0.15) is 6.04 Å². The molecule has 1 aromatic carbocycles. The number of hydrogen-bond acceptors (Lipinski definition) is 5. The minimum Gasteiger partial charge on any atom is -0.478 e. The highest BCUT2D eigenvalue weighted by Gasteiger charge is 2.21. The van der Waals surface area contributed by atoms with Crippen LogP contribution in [0.5, 0.6) is 0 Å². The minimum atomic E-state index is -1.02. The highest BCUT2D eigenvalue weighted by molar-refractivity contribution is 5.89. The van der Waals surface area contributed by atoms with Crippen LogP contribution in [0.15, 0.2) is 73.3 Å². The smallest absolute Gasteiger partial charge is 0.335 e. The largest absolute Gasteiger partial charge is 0.478 e. The second-order valence-electron chi connectivity index (χ2n) is 6.83. The van der Waals surface area contributed by atoms with E-state index >= 15 is 0 Å². The lowest BCUT2D eigenvalue weighted by Crippen LogP contribution is -2.39. The van der Waals surface area contributed by atoms with Gasteiger partial charge in [0.15, 0.2) is 0 Å². The molecule has 0 aliphatic carbocycles. The number of carboxylic acid groups (broad SMARTS) is 1. The van der Waals surface area contributed by atoms with Crippen LogP contribution in [0.25, 0.3) is 0 Å². The van der Waals surface area contributed by atoms with Gasteiger partial charge in [0.05, 0.1) is 5.56 Å². The predicted molar refractivity (Wildman–Crippen MR) is 113 cm³/mol. The number of pyridine rings is 2. The Balaban J connectivity index is 1.66. The minimum absolute atomic E-state index is 0.149. The molecule has 7 nitrogen and oxygen atoms in total. The van der Waals surface area contributed by atoms with Crippen LogP contribution in [-0.2, 0) is 17.6 Å². The standard InChI is InChI=1S/C23H24N4O3/c28-22(27-14-8-17-6-11-24-12-7-17)21(19-4-1-5-20(15-19)23(29)30)26-13-9-18-3-2-10-25-16-18/h1-7,10-12,15-16,21,26H,8-9,13-14H2,(H,27,28)(H,29,30). The fourth-order valence-electron chi connectivity index (χ4n) is 3.10. The van der Waals surface area contributed by atoms with Crippen LogP contribution >= 0.6 is 0 Å². The molecule has 1 atom stereocenters. The van der Waals surface area contributed by atoms with Gasteiger partial charge in [-0.25, -0.2) is 4.79 Å².